The molecule has 4 N–H and O–H groups in total. The third kappa shape index (κ3) is 6.15. The molecule has 0 aliphatic heterocycles. The van der Waals surface area contributed by atoms with Crippen molar-refractivity contribution in [1.29, 1.82) is 0 Å². The van der Waals surface area contributed by atoms with Crippen molar-refractivity contribution in [3.8, 4) is 33.4 Å². The van der Waals surface area contributed by atoms with Gasteiger partial charge < -0.3 is 11.5 Å². The van der Waals surface area contributed by atoms with E-state index < -0.39 is 5.41 Å². The van der Waals surface area contributed by atoms with Crippen LogP contribution in [0.4, 0.5) is 0 Å². The molecule has 2 atom stereocenters. The molecule has 0 aromatic heterocycles. The number of fused-ring (bicyclic) bond motifs is 3. The average molecular weight is 708 g/mol. The topological polar surface area (TPSA) is 64.4 Å². The lowest BCUT2D eigenvalue weighted by Gasteiger charge is -2.33. The highest BCUT2D eigenvalue weighted by atomic mass is 14.9. The van der Waals surface area contributed by atoms with Gasteiger partial charge in [0.15, 0.2) is 0 Å². The fourth-order valence-corrected chi connectivity index (χ4v) is 8.44. The summed E-state index contributed by atoms with van der Waals surface area (Å²) in [4.78, 5) is 5.04. The molecule has 0 spiro atoms. The van der Waals surface area contributed by atoms with Crippen molar-refractivity contribution in [3.63, 3.8) is 0 Å². The van der Waals surface area contributed by atoms with E-state index in [-0.39, 0.29) is 12.1 Å². The number of benzene rings is 8. The van der Waals surface area contributed by atoms with Gasteiger partial charge in [0.25, 0.3) is 0 Å². The zero-order valence-corrected chi connectivity index (χ0v) is 30.5. The molecule has 55 heavy (non-hydrogen) atoms. The molecule has 8 aromatic carbocycles. The van der Waals surface area contributed by atoms with Crippen molar-refractivity contribution in [2.75, 3.05) is 0 Å². The second kappa shape index (κ2) is 14.5. The molecule has 9 rings (SSSR count). The van der Waals surface area contributed by atoms with Crippen LogP contribution in [0.1, 0.15) is 51.0 Å². The molecule has 8 aromatic rings. The number of aliphatic imine (C=N–C) groups is 1. The van der Waals surface area contributed by atoms with Crippen LogP contribution in [-0.2, 0) is 5.41 Å². The van der Waals surface area contributed by atoms with Crippen LogP contribution in [-0.4, -0.2) is 5.84 Å². The van der Waals surface area contributed by atoms with Crippen molar-refractivity contribution in [2.45, 2.75) is 17.5 Å². The zero-order chi connectivity index (χ0) is 37.2. The van der Waals surface area contributed by atoms with Crippen molar-refractivity contribution < 1.29 is 0 Å². The molecule has 1 unspecified atom stereocenters. The van der Waals surface area contributed by atoms with Crippen LogP contribution in [0, 0.1) is 0 Å². The first-order valence-electron chi connectivity index (χ1n) is 18.9. The van der Waals surface area contributed by atoms with E-state index in [1.807, 2.05) is 48.5 Å². The Morgan fingerprint density at radius 3 is 1.55 bits per heavy atom. The first-order valence-corrected chi connectivity index (χ1v) is 18.9. The van der Waals surface area contributed by atoms with Crippen LogP contribution in [0.15, 0.2) is 217 Å². The summed E-state index contributed by atoms with van der Waals surface area (Å²) in [5, 5.41) is 0. The molecule has 0 saturated carbocycles. The summed E-state index contributed by atoms with van der Waals surface area (Å²) in [5.74, 6) is 0.466. The summed E-state index contributed by atoms with van der Waals surface area (Å²) in [6.45, 7) is 0. The van der Waals surface area contributed by atoms with Crippen molar-refractivity contribution in [2.24, 2.45) is 16.5 Å². The van der Waals surface area contributed by atoms with Gasteiger partial charge in [0.05, 0.1) is 17.5 Å². The maximum absolute atomic E-state index is 6.96. The van der Waals surface area contributed by atoms with Gasteiger partial charge in [-0.15, -0.1) is 0 Å². The largest absolute Gasteiger partial charge is 0.383 e. The standard InChI is InChI=1S/C52H41N3/c53-49(38-16-5-1-6-17-38)50(55-51(54)39-18-7-2-8-19-39)42-21-15-20-40(34-42)36-28-30-37(31-29-36)41-32-33-48-46(35-41)45-26-13-14-27-47(45)52(48,43-22-9-3-10-23-43)44-24-11-4-12-25-44/h1-35,49-50H,53H2,(H2,54,55)/t49-,50?/m0/s1. The maximum atomic E-state index is 6.96. The van der Waals surface area contributed by atoms with E-state index in [1.165, 1.54) is 44.5 Å². The smallest absolute Gasteiger partial charge is 0.126 e. The van der Waals surface area contributed by atoms with Gasteiger partial charge in [-0.1, -0.05) is 200 Å². The van der Waals surface area contributed by atoms with E-state index in [0.29, 0.717) is 5.84 Å². The third-order valence-corrected chi connectivity index (χ3v) is 11.1. The molecule has 0 radical (unpaired) electrons. The van der Waals surface area contributed by atoms with Gasteiger partial charge in [0.1, 0.15) is 5.84 Å². The van der Waals surface area contributed by atoms with Gasteiger partial charge in [-0.2, -0.15) is 0 Å². The Hall–Kier alpha value is -6.81. The summed E-state index contributed by atoms with van der Waals surface area (Å²) in [5.41, 5.74) is 28.3. The first kappa shape index (κ1) is 34.0. The maximum Gasteiger partial charge on any atom is 0.126 e. The van der Waals surface area contributed by atoms with Gasteiger partial charge in [0.2, 0.25) is 0 Å². The Kier molecular flexibility index (Phi) is 8.99. The van der Waals surface area contributed by atoms with E-state index in [1.54, 1.807) is 0 Å². The Balaban J connectivity index is 1.08. The number of rotatable bonds is 9. The Labute approximate surface area is 323 Å². The van der Waals surface area contributed by atoms with E-state index in [9.17, 15) is 0 Å². The highest BCUT2D eigenvalue weighted by Crippen LogP contribution is 2.56. The van der Waals surface area contributed by atoms with E-state index >= 15 is 0 Å². The van der Waals surface area contributed by atoms with Gasteiger partial charge in [-0.05, 0) is 78.9 Å². The minimum absolute atomic E-state index is 0.380. The molecule has 1 aliphatic rings. The summed E-state index contributed by atoms with van der Waals surface area (Å²) in [6, 6.07) is 74.4. The van der Waals surface area contributed by atoms with Gasteiger partial charge in [0, 0.05) is 5.56 Å². The van der Waals surface area contributed by atoms with Crippen molar-refractivity contribution in [1.82, 2.24) is 0 Å². The lowest BCUT2D eigenvalue weighted by molar-refractivity contribution is 0.577. The minimum atomic E-state index is -0.404. The number of nitrogens with two attached hydrogens (primary N) is 2. The predicted molar refractivity (Wildman–Crippen MR) is 228 cm³/mol. The third-order valence-electron chi connectivity index (χ3n) is 11.1. The van der Waals surface area contributed by atoms with Gasteiger partial charge in [-0.3, -0.25) is 4.99 Å². The minimum Gasteiger partial charge on any atom is -0.383 e. The van der Waals surface area contributed by atoms with Crippen LogP contribution >= 0.6 is 0 Å². The van der Waals surface area contributed by atoms with Crippen molar-refractivity contribution in [3.05, 3.63) is 251 Å². The molecule has 0 saturated heterocycles. The van der Waals surface area contributed by atoms with Crippen molar-refractivity contribution >= 4 is 5.84 Å². The SMILES string of the molecule is NC(=NC(c1cccc(-c2ccc(-c3ccc4c(c3)-c3ccccc3C4(c3ccccc3)c3ccccc3)cc2)c1)[C@@H](N)c1ccccc1)c1ccccc1. The second-order valence-electron chi connectivity index (χ2n) is 14.3. The number of hydrogen-bond donors (Lipinski definition) is 2. The normalized spacial score (nSPS) is 14.1. The van der Waals surface area contributed by atoms with E-state index in [2.05, 4.69) is 164 Å². The van der Waals surface area contributed by atoms with Crippen LogP contribution in [0.5, 0.6) is 0 Å². The van der Waals surface area contributed by atoms with Crippen LogP contribution in [0.2, 0.25) is 0 Å². The molecule has 3 heteroatoms. The predicted octanol–water partition coefficient (Wildman–Crippen LogP) is 11.5. The molecule has 1 aliphatic carbocycles. The average Bonchev–Trinajstić information content (AvgIpc) is 3.57. The number of hydrogen-bond acceptors (Lipinski definition) is 2. The molecule has 0 fully saturated rings. The quantitative estimate of drug-likeness (QED) is 0.116. The van der Waals surface area contributed by atoms with Crippen LogP contribution in [0.3, 0.4) is 0 Å². The molecule has 0 heterocycles. The highest BCUT2D eigenvalue weighted by molar-refractivity contribution is 5.97. The molecule has 0 bridgehead atoms. The molecular formula is C52H41N3. The summed E-state index contributed by atoms with van der Waals surface area (Å²) < 4.78 is 0. The van der Waals surface area contributed by atoms with Gasteiger partial charge >= 0.3 is 0 Å². The number of nitrogens with zero attached hydrogens (tertiary/aromatic N) is 1. The summed E-state index contributed by atoms with van der Waals surface area (Å²) in [6.07, 6.45) is 0. The zero-order valence-electron chi connectivity index (χ0n) is 30.5. The van der Waals surface area contributed by atoms with Gasteiger partial charge in [-0.25, -0.2) is 0 Å². The Bertz CT molecular complexity index is 2560. The molecule has 3 nitrogen and oxygen atoms in total. The second-order valence-corrected chi connectivity index (χ2v) is 14.3. The number of amidine groups is 1. The van der Waals surface area contributed by atoms with Crippen LogP contribution in [0.25, 0.3) is 33.4 Å². The fraction of sp³-hybridized carbons (Fsp3) is 0.0577. The fourth-order valence-electron chi connectivity index (χ4n) is 8.44. The van der Waals surface area contributed by atoms with E-state index in [0.717, 1.165) is 27.8 Å². The Morgan fingerprint density at radius 2 is 0.909 bits per heavy atom. The first-order chi connectivity index (χ1) is 27.1. The molecule has 0 amide bonds. The lowest BCUT2D eigenvalue weighted by atomic mass is 9.67. The molecular weight excluding hydrogens is 667 g/mol. The highest BCUT2D eigenvalue weighted by Gasteiger charge is 2.45. The van der Waals surface area contributed by atoms with Crippen LogP contribution < -0.4 is 11.5 Å². The summed E-state index contributed by atoms with van der Waals surface area (Å²) in [7, 11) is 0. The van der Waals surface area contributed by atoms with E-state index in [4.69, 9.17) is 16.5 Å². The monoisotopic (exact) mass is 707 g/mol. The lowest BCUT2D eigenvalue weighted by Crippen LogP contribution is -2.28. The molecule has 264 valence electrons. The summed E-state index contributed by atoms with van der Waals surface area (Å²) >= 11 is 0. The Morgan fingerprint density at radius 1 is 0.418 bits per heavy atom.